The van der Waals surface area contributed by atoms with E-state index in [0.717, 1.165) is 33.8 Å². The number of fused-ring (bicyclic) bond motifs is 1. The lowest BCUT2D eigenvalue weighted by atomic mass is 9.77. The summed E-state index contributed by atoms with van der Waals surface area (Å²) in [6.07, 6.45) is -0.413. The van der Waals surface area contributed by atoms with Crippen LogP contribution >= 0.6 is 0 Å². The maximum Gasteiger partial charge on any atom is 0.206 e. The van der Waals surface area contributed by atoms with Crippen LogP contribution in [0.3, 0.4) is 0 Å². The first-order chi connectivity index (χ1) is 15.1. The fourth-order valence-corrected chi connectivity index (χ4v) is 4.20. The van der Waals surface area contributed by atoms with Crippen molar-refractivity contribution in [1.29, 1.82) is 0 Å². The van der Waals surface area contributed by atoms with E-state index in [1.165, 1.54) is 0 Å². The molecular weight excluding hydrogens is 396 g/mol. The van der Waals surface area contributed by atoms with E-state index in [1.807, 2.05) is 6.07 Å². The van der Waals surface area contributed by atoms with Crippen LogP contribution in [0.5, 0.6) is 5.75 Å². The summed E-state index contributed by atoms with van der Waals surface area (Å²) in [4.78, 5) is 4.25. The van der Waals surface area contributed by atoms with Gasteiger partial charge in [-0.25, -0.2) is 0 Å². The lowest BCUT2D eigenvalue weighted by molar-refractivity contribution is -0.208. The predicted molar refractivity (Wildman–Crippen MR) is 133 cm³/mol. The van der Waals surface area contributed by atoms with Crippen LogP contribution < -0.4 is 14.5 Å². The number of anilines is 2. The van der Waals surface area contributed by atoms with Crippen molar-refractivity contribution in [2.75, 3.05) is 38.0 Å². The third-order valence-electron chi connectivity index (χ3n) is 6.03. The van der Waals surface area contributed by atoms with Crippen molar-refractivity contribution >= 4 is 11.4 Å². The molecule has 4 rings (SSSR count). The van der Waals surface area contributed by atoms with Crippen molar-refractivity contribution in [1.82, 2.24) is 0 Å². The van der Waals surface area contributed by atoms with Gasteiger partial charge in [0.15, 0.2) is 5.60 Å². The molecule has 32 heavy (non-hydrogen) atoms. The molecule has 168 valence electrons. The maximum absolute atomic E-state index is 7.05. The number of hydrogen-bond donors (Lipinski definition) is 0. The molecule has 0 aromatic heterocycles. The van der Waals surface area contributed by atoms with Crippen molar-refractivity contribution in [2.24, 2.45) is 5.41 Å². The molecule has 1 aliphatic rings. The molecule has 0 amide bonds. The highest BCUT2D eigenvalue weighted by atomic mass is 16.7. The van der Waals surface area contributed by atoms with Gasteiger partial charge in [0.1, 0.15) is 5.75 Å². The molecule has 0 N–H and O–H groups in total. The summed E-state index contributed by atoms with van der Waals surface area (Å²) < 4.78 is 13.5. The Kier molecular flexibility index (Phi) is 5.68. The number of benzene rings is 3. The molecule has 1 aliphatic heterocycles. The minimum atomic E-state index is -0.801. The molecule has 1 unspecified atom stereocenters. The lowest BCUT2D eigenvalue weighted by Crippen LogP contribution is -2.48. The van der Waals surface area contributed by atoms with E-state index in [9.17, 15) is 0 Å². The summed E-state index contributed by atoms with van der Waals surface area (Å²) in [6, 6.07) is 25.5. The molecule has 0 saturated heterocycles. The summed E-state index contributed by atoms with van der Waals surface area (Å²) in [6.45, 7) is 6.47. The number of ether oxygens (including phenoxy) is 2. The van der Waals surface area contributed by atoms with Crippen LogP contribution in [0.1, 0.15) is 37.5 Å². The van der Waals surface area contributed by atoms with E-state index >= 15 is 0 Å². The average Bonchev–Trinajstić information content (AvgIpc) is 2.77. The third-order valence-corrected chi connectivity index (χ3v) is 6.03. The van der Waals surface area contributed by atoms with Gasteiger partial charge >= 0.3 is 0 Å². The predicted octanol–water partition coefficient (Wildman–Crippen LogP) is 5.89. The SMILES string of the molecule is CN(C)c1cccc(C2(c3cccc(N(C)C)c3)OC(C(C)(C)C)Oc3ccccc32)c1. The Labute approximate surface area is 192 Å². The van der Waals surface area contributed by atoms with Crippen LogP contribution in [0, 0.1) is 5.41 Å². The molecular formula is C28H34N2O2. The number of nitrogens with zero attached hydrogens (tertiary/aromatic N) is 2. The van der Waals surface area contributed by atoms with Gasteiger partial charge in [-0.3, -0.25) is 0 Å². The van der Waals surface area contributed by atoms with Gasteiger partial charge < -0.3 is 19.3 Å². The van der Waals surface area contributed by atoms with Crippen molar-refractivity contribution in [3.05, 3.63) is 89.5 Å². The Hall–Kier alpha value is -2.98. The van der Waals surface area contributed by atoms with Crippen LogP contribution in [0.15, 0.2) is 72.8 Å². The summed E-state index contributed by atoms with van der Waals surface area (Å²) in [5.41, 5.74) is 4.44. The Morgan fingerprint density at radius 3 is 1.75 bits per heavy atom. The summed E-state index contributed by atoms with van der Waals surface area (Å²) in [5, 5.41) is 0. The largest absolute Gasteiger partial charge is 0.464 e. The van der Waals surface area contributed by atoms with Crippen LogP contribution in [0.4, 0.5) is 11.4 Å². The minimum absolute atomic E-state index is 0.211. The Morgan fingerprint density at radius 2 is 1.25 bits per heavy atom. The first-order valence-electron chi connectivity index (χ1n) is 11.1. The highest BCUT2D eigenvalue weighted by molar-refractivity contribution is 5.60. The Bertz CT molecular complexity index is 1050. The second-order valence-electron chi connectivity index (χ2n) is 10.0. The first-order valence-corrected chi connectivity index (χ1v) is 11.1. The molecule has 0 bridgehead atoms. The van der Waals surface area contributed by atoms with Gasteiger partial charge in [-0.2, -0.15) is 0 Å². The molecule has 4 heteroatoms. The normalized spacial score (nSPS) is 17.3. The number of rotatable bonds is 4. The second-order valence-corrected chi connectivity index (χ2v) is 10.0. The van der Waals surface area contributed by atoms with E-state index in [2.05, 4.69) is 125 Å². The van der Waals surface area contributed by atoms with E-state index in [4.69, 9.17) is 9.47 Å². The van der Waals surface area contributed by atoms with Gasteiger partial charge in [-0.1, -0.05) is 63.2 Å². The topological polar surface area (TPSA) is 24.9 Å². The average molecular weight is 431 g/mol. The third kappa shape index (κ3) is 3.84. The quantitative estimate of drug-likeness (QED) is 0.515. The second kappa shape index (κ2) is 8.18. The zero-order valence-electron chi connectivity index (χ0n) is 20.2. The van der Waals surface area contributed by atoms with E-state index in [-0.39, 0.29) is 5.41 Å². The van der Waals surface area contributed by atoms with Gasteiger partial charge in [0.05, 0.1) is 0 Å². The minimum Gasteiger partial charge on any atom is -0.464 e. The van der Waals surface area contributed by atoms with Crippen LogP contribution in [0.25, 0.3) is 0 Å². The smallest absolute Gasteiger partial charge is 0.206 e. The summed E-state index contributed by atoms with van der Waals surface area (Å²) in [5.74, 6) is 0.865. The van der Waals surface area contributed by atoms with Crippen LogP contribution in [-0.4, -0.2) is 34.5 Å². The molecule has 1 heterocycles. The van der Waals surface area contributed by atoms with Gasteiger partial charge in [0.25, 0.3) is 0 Å². The molecule has 0 saturated carbocycles. The van der Waals surface area contributed by atoms with Gasteiger partial charge in [0, 0.05) is 50.5 Å². The summed E-state index contributed by atoms with van der Waals surface area (Å²) >= 11 is 0. The molecule has 3 aromatic carbocycles. The monoisotopic (exact) mass is 430 g/mol. The molecule has 0 spiro atoms. The van der Waals surface area contributed by atoms with Crippen molar-refractivity contribution in [3.8, 4) is 5.75 Å². The Morgan fingerprint density at radius 1 is 0.719 bits per heavy atom. The standard InChI is InChI=1S/C28H34N2O2/c1-27(2,3)26-31-25-17-9-8-16-24(25)28(32-26,20-12-10-14-22(18-20)29(4)5)21-13-11-15-23(19-21)30(6)7/h8-19,26H,1-7H3. The molecule has 0 fully saturated rings. The summed E-state index contributed by atoms with van der Waals surface area (Å²) in [7, 11) is 8.26. The first kappa shape index (κ1) is 22.2. The van der Waals surface area contributed by atoms with Crippen LogP contribution in [-0.2, 0) is 10.3 Å². The fourth-order valence-electron chi connectivity index (χ4n) is 4.20. The fraction of sp³-hybridized carbons (Fsp3) is 0.357. The molecule has 0 radical (unpaired) electrons. The van der Waals surface area contributed by atoms with E-state index < -0.39 is 11.9 Å². The molecule has 1 atom stereocenters. The van der Waals surface area contributed by atoms with Crippen molar-refractivity contribution in [2.45, 2.75) is 32.7 Å². The highest BCUT2D eigenvalue weighted by Gasteiger charge is 2.49. The molecule has 3 aromatic rings. The van der Waals surface area contributed by atoms with Gasteiger partial charge in [-0.15, -0.1) is 0 Å². The molecule has 4 nitrogen and oxygen atoms in total. The zero-order valence-corrected chi connectivity index (χ0v) is 20.2. The number of hydrogen-bond acceptors (Lipinski definition) is 4. The zero-order chi connectivity index (χ0) is 23.1. The lowest BCUT2D eigenvalue weighted by Gasteiger charge is -2.47. The molecule has 0 aliphatic carbocycles. The maximum atomic E-state index is 7.05. The van der Waals surface area contributed by atoms with E-state index in [0.29, 0.717) is 0 Å². The van der Waals surface area contributed by atoms with Crippen molar-refractivity contribution in [3.63, 3.8) is 0 Å². The van der Waals surface area contributed by atoms with E-state index in [1.54, 1.807) is 0 Å². The van der Waals surface area contributed by atoms with Crippen molar-refractivity contribution < 1.29 is 9.47 Å². The highest BCUT2D eigenvalue weighted by Crippen LogP contribution is 2.51. The number of para-hydroxylation sites is 1. The van der Waals surface area contributed by atoms with Crippen LogP contribution in [0.2, 0.25) is 0 Å². The van der Waals surface area contributed by atoms with Gasteiger partial charge in [-0.05, 0) is 41.5 Å². The van der Waals surface area contributed by atoms with Gasteiger partial charge in [0.2, 0.25) is 6.29 Å². The Balaban J connectivity index is 2.06.